The largest absolute Gasteiger partial charge is 0.384 e. The number of hydrogen-bond acceptors (Lipinski definition) is 3. The highest BCUT2D eigenvalue weighted by molar-refractivity contribution is 9.10. The van der Waals surface area contributed by atoms with Crippen molar-refractivity contribution >= 4 is 43.3 Å². The van der Waals surface area contributed by atoms with Gasteiger partial charge in [0.05, 0.1) is 0 Å². The zero-order valence-corrected chi connectivity index (χ0v) is 17.4. The first kappa shape index (κ1) is 18.6. The van der Waals surface area contributed by atoms with Crippen LogP contribution in [0.4, 0.5) is 5.82 Å². The molecule has 0 aliphatic heterocycles. The van der Waals surface area contributed by atoms with Crippen LogP contribution >= 0.6 is 31.9 Å². The van der Waals surface area contributed by atoms with E-state index in [1.807, 2.05) is 30.5 Å². The number of rotatable bonds is 2. The van der Waals surface area contributed by atoms with Gasteiger partial charge in [0.1, 0.15) is 11.5 Å². The highest BCUT2D eigenvalue weighted by Gasteiger charge is 2.13. The average molecular weight is 474 g/mol. The minimum atomic E-state index is 0.329. The fourth-order valence-electron chi connectivity index (χ4n) is 2.59. The standard InChI is InChI=1S/C15H13BrN2.C5H5BrN2/c1-11(12-5-3-2-4-6-12)14-9-17-15-8-7-13(16)10-18(14)15;6-4-1-2-5(7)8-3-4/h2-11H,1H3;1-3H,(H2,7,8). The minimum Gasteiger partial charge on any atom is -0.384 e. The molecule has 0 bridgehead atoms. The molecule has 4 nitrogen and oxygen atoms in total. The van der Waals surface area contributed by atoms with Gasteiger partial charge in [-0.2, -0.15) is 0 Å². The van der Waals surface area contributed by atoms with E-state index in [1.165, 1.54) is 11.3 Å². The molecule has 0 fully saturated rings. The maximum Gasteiger partial charge on any atom is 0.136 e. The minimum absolute atomic E-state index is 0.329. The molecule has 3 aromatic heterocycles. The summed E-state index contributed by atoms with van der Waals surface area (Å²) in [6.07, 6.45) is 5.69. The summed E-state index contributed by atoms with van der Waals surface area (Å²) in [5, 5.41) is 0. The van der Waals surface area contributed by atoms with Gasteiger partial charge in [-0.3, -0.25) is 0 Å². The summed E-state index contributed by atoms with van der Waals surface area (Å²) in [5.41, 5.74) is 8.79. The number of fused-ring (bicyclic) bond motifs is 1. The van der Waals surface area contributed by atoms with Crippen molar-refractivity contribution in [2.45, 2.75) is 12.8 Å². The first-order valence-corrected chi connectivity index (χ1v) is 9.67. The molecule has 132 valence electrons. The van der Waals surface area contributed by atoms with Gasteiger partial charge in [-0.25, -0.2) is 9.97 Å². The second-order valence-corrected chi connectivity index (χ2v) is 7.62. The van der Waals surface area contributed by atoms with Crippen molar-refractivity contribution in [3.8, 4) is 0 Å². The highest BCUT2D eigenvalue weighted by atomic mass is 79.9. The highest BCUT2D eigenvalue weighted by Crippen LogP contribution is 2.25. The van der Waals surface area contributed by atoms with Crippen LogP contribution in [0, 0.1) is 0 Å². The first-order chi connectivity index (χ1) is 12.5. The Morgan fingerprint density at radius 2 is 1.62 bits per heavy atom. The lowest BCUT2D eigenvalue weighted by Gasteiger charge is -2.11. The molecule has 0 aliphatic rings. The second kappa shape index (κ2) is 8.47. The molecule has 1 atom stereocenters. The summed E-state index contributed by atoms with van der Waals surface area (Å²) < 4.78 is 4.16. The number of halogens is 2. The summed E-state index contributed by atoms with van der Waals surface area (Å²) in [5.74, 6) is 0.878. The molecule has 26 heavy (non-hydrogen) atoms. The van der Waals surface area contributed by atoms with Gasteiger partial charge in [0, 0.05) is 39.1 Å². The van der Waals surface area contributed by atoms with Crippen LogP contribution in [-0.4, -0.2) is 14.4 Å². The van der Waals surface area contributed by atoms with Crippen molar-refractivity contribution in [3.05, 3.63) is 93.4 Å². The third-order valence-electron chi connectivity index (χ3n) is 3.99. The monoisotopic (exact) mass is 472 g/mol. The lowest BCUT2D eigenvalue weighted by atomic mass is 9.98. The quantitative estimate of drug-likeness (QED) is 0.407. The van der Waals surface area contributed by atoms with E-state index >= 15 is 0 Å². The fourth-order valence-corrected chi connectivity index (χ4v) is 3.17. The molecule has 0 amide bonds. The van der Waals surface area contributed by atoms with Crippen molar-refractivity contribution in [2.75, 3.05) is 5.73 Å². The molecular formula is C20H18Br2N4. The maximum atomic E-state index is 5.29. The molecule has 4 aromatic rings. The zero-order chi connectivity index (χ0) is 18.5. The molecule has 1 unspecified atom stereocenters. The molecule has 0 saturated carbocycles. The third-order valence-corrected chi connectivity index (χ3v) is 4.93. The summed E-state index contributed by atoms with van der Waals surface area (Å²) in [6.45, 7) is 2.21. The molecule has 0 saturated heterocycles. The van der Waals surface area contributed by atoms with E-state index in [4.69, 9.17) is 5.73 Å². The Balaban J connectivity index is 0.000000206. The van der Waals surface area contributed by atoms with Crippen LogP contribution in [0.15, 0.2) is 82.1 Å². The van der Waals surface area contributed by atoms with Crippen LogP contribution in [0.1, 0.15) is 24.1 Å². The summed E-state index contributed by atoms with van der Waals surface area (Å²) in [6, 6.07) is 18.1. The van der Waals surface area contributed by atoms with Crippen LogP contribution in [0.25, 0.3) is 5.65 Å². The number of nitrogen functional groups attached to an aromatic ring is 1. The van der Waals surface area contributed by atoms with Gasteiger partial charge in [-0.05, 0) is 61.7 Å². The number of imidazole rings is 1. The molecule has 1 aromatic carbocycles. The van der Waals surface area contributed by atoms with Crippen LogP contribution < -0.4 is 5.73 Å². The summed E-state index contributed by atoms with van der Waals surface area (Å²) >= 11 is 6.74. The van der Waals surface area contributed by atoms with E-state index in [0.717, 1.165) is 14.6 Å². The van der Waals surface area contributed by atoms with E-state index in [9.17, 15) is 0 Å². The van der Waals surface area contributed by atoms with Crippen molar-refractivity contribution < 1.29 is 0 Å². The average Bonchev–Trinajstić information content (AvgIpc) is 3.08. The van der Waals surface area contributed by atoms with Gasteiger partial charge >= 0.3 is 0 Å². The lowest BCUT2D eigenvalue weighted by Crippen LogP contribution is -2.00. The fraction of sp³-hybridized carbons (Fsp3) is 0.100. The number of pyridine rings is 2. The molecule has 6 heteroatoms. The molecule has 0 radical (unpaired) electrons. The van der Waals surface area contributed by atoms with Crippen molar-refractivity contribution in [1.29, 1.82) is 0 Å². The summed E-state index contributed by atoms with van der Waals surface area (Å²) in [4.78, 5) is 8.26. The molecular weight excluding hydrogens is 456 g/mol. The van der Waals surface area contributed by atoms with Crippen LogP contribution in [0.2, 0.25) is 0 Å². The zero-order valence-electron chi connectivity index (χ0n) is 14.2. The molecule has 4 rings (SSSR count). The molecule has 0 spiro atoms. The van der Waals surface area contributed by atoms with Crippen molar-refractivity contribution in [3.63, 3.8) is 0 Å². The van der Waals surface area contributed by atoms with E-state index in [1.54, 1.807) is 12.3 Å². The van der Waals surface area contributed by atoms with Crippen molar-refractivity contribution in [2.24, 2.45) is 0 Å². The Labute approximate surface area is 169 Å². The normalized spacial score (nSPS) is 11.7. The number of aromatic nitrogens is 3. The Morgan fingerprint density at radius 3 is 2.27 bits per heavy atom. The molecule has 2 N–H and O–H groups in total. The van der Waals surface area contributed by atoms with Gasteiger partial charge in [0.2, 0.25) is 0 Å². The summed E-state index contributed by atoms with van der Waals surface area (Å²) in [7, 11) is 0. The Kier molecular flexibility index (Phi) is 6.06. The van der Waals surface area contributed by atoms with Gasteiger partial charge in [0.25, 0.3) is 0 Å². The van der Waals surface area contributed by atoms with Gasteiger partial charge in [-0.1, -0.05) is 37.3 Å². The molecule has 3 heterocycles. The number of benzene rings is 1. The van der Waals surface area contributed by atoms with Crippen molar-refractivity contribution in [1.82, 2.24) is 14.4 Å². The van der Waals surface area contributed by atoms with E-state index in [2.05, 4.69) is 83.6 Å². The molecule has 0 aliphatic carbocycles. The lowest BCUT2D eigenvalue weighted by molar-refractivity contribution is 0.853. The van der Waals surface area contributed by atoms with E-state index in [0.29, 0.717) is 11.7 Å². The predicted molar refractivity (Wildman–Crippen MR) is 113 cm³/mol. The Morgan fingerprint density at radius 1 is 0.885 bits per heavy atom. The van der Waals surface area contributed by atoms with Crippen LogP contribution in [-0.2, 0) is 0 Å². The Bertz CT molecular complexity index is 961. The first-order valence-electron chi connectivity index (χ1n) is 8.09. The van der Waals surface area contributed by atoms with Crippen LogP contribution in [0.3, 0.4) is 0 Å². The topological polar surface area (TPSA) is 56.2 Å². The Hall–Kier alpha value is -2.18. The SMILES string of the molecule is CC(c1ccccc1)c1cnc2ccc(Br)cn12.Nc1ccc(Br)cn1. The van der Waals surface area contributed by atoms with Gasteiger partial charge in [-0.15, -0.1) is 0 Å². The maximum absolute atomic E-state index is 5.29. The van der Waals surface area contributed by atoms with E-state index in [-0.39, 0.29) is 0 Å². The predicted octanol–water partition coefficient (Wildman–Crippen LogP) is 5.67. The van der Waals surface area contributed by atoms with Crippen LogP contribution in [0.5, 0.6) is 0 Å². The number of hydrogen-bond donors (Lipinski definition) is 1. The van der Waals surface area contributed by atoms with Gasteiger partial charge in [0.15, 0.2) is 0 Å². The number of nitrogens with two attached hydrogens (primary N) is 1. The van der Waals surface area contributed by atoms with Gasteiger partial charge < -0.3 is 10.1 Å². The van der Waals surface area contributed by atoms with E-state index < -0.39 is 0 Å². The number of anilines is 1. The third kappa shape index (κ3) is 4.51. The number of nitrogens with zero attached hydrogens (tertiary/aromatic N) is 3. The smallest absolute Gasteiger partial charge is 0.136 e. The second-order valence-electron chi connectivity index (χ2n) is 5.79.